The molecule has 0 saturated carbocycles. The molecule has 0 unspecified atom stereocenters. The van der Waals surface area contributed by atoms with Crippen LogP contribution < -0.4 is 10.6 Å². The van der Waals surface area contributed by atoms with Crippen molar-refractivity contribution in [2.24, 2.45) is 0 Å². The lowest BCUT2D eigenvalue weighted by Crippen LogP contribution is -2.32. The van der Waals surface area contributed by atoms with Gasteiger partial charge in [-0.2, -0.15) is 5.10 Å². The van der Waals surface area contributed by atoms with Crippen molar-refractivity contribution in [1.82, 2.24) is 25.5 Å². The number of aromatic amines is 1. The van der Waals surface area contributed by atoms with Gasteiger partial charge in [-0.1, -0.05) is 0 Å². The Labute approximate surface area is 151 Å². The van der Waals surface area contributed by atoms with Gasteiger partial charge in [0, 0.05) is 41.6 Å². The third-order valence-corrected chi connectivity index (χ3v) is 3.70. The summed E-state index contributed by atoms with van der Waals surface area (Å²) in [4.78, 5) is 20.4. The minimum atomic E-state index is -0.325. The highest BCUT2D eigenvalue weighted by Crippen LogP contribution is 2.26. The first-order chi connectivity index (χ1) is 12.5. The Morgan fingerprint density at radius 3 is 2.92 bits per heavy atom. The zero-order valence-electron chi connectivity index (χ0n) is 15.0. The fourth-order valence-electron chi connectivity index (χ4n) is 2.51. The number of carbonyl (C=O) groups excluding carboxylic acids is 1. The van der Waals surface area contributed by atoms with Gasteiger partial charge in [-0.05, 0) is 32.9 Å². The molecule has 0 radical (unpaired) electrons. The summed E-state index contributed by atoms with van der Waals surface area (Å²) < 4.78 is 5.38. The van der Waals surface area contributed by atoms with Crippen LogP contribution in [0.25, 0.3) is 22.2 Å². The summed E-state index contributed by atoms with van der Waals surface area (Å²) >= 11 is 0. The number of hydrogen-bond acceptors (Lipinski definition) is 5. The van der Waals surface area contributed by atoms with Crippen LogP contribution in [0.4, 0.5) is 10.6 Å². The Hall–Kier alpha value is -3.00. The highest BCUT2D eigenvalue weighted by molar-refractivity contribution is 5.95. The lowest BCUT2D eigenvalue weighted by atomic mass is 10.1. The Morgan fingerprint density at radius 2 is 2.15 bits per heavy atom. The first-order valence-corrected chi connectivity index (χ1v) is 8.46. The van der Waals surface area contributed by atoms with Crippen molar-refractivity contribution in [3.8, 4) is 11.3 Å². The third-order valence-electron chi connectivity index (χ3n) is 3.70. The first-order valence-electron chi connectivity index (χ1n) is 8.46. The molecular weight excluding hydrogens is 332 g/mol. The average molecular weight is 354 g/mol. The van der Waals surface area contributed by atoms with Gasteiger partial charge in [-0.3, -0.25) is 15.4 Å². The van der Waals surface area contributed by atoms with E-state index in [9.17, 15) is 4.79 Å². The van der Waals surface area contributed by atoms with Crippen LogP contribution >= 0.6 is 0 Å². The maximum atomic E-state index is 11.9. The van der Waals surface area contributed by atoms with E-state index in [-0.39, 0.29) is 12.1 Å². The summed E-state index contributed by atoms with van der Waals surface area (Å²) in [5.41, 5.74) is 3.49. The van der Waals surface area contributed by atoms with E-state index in [0.29, 0.717) is 19.0 Å². The quantitative estimate of drug-likeness (QED) is 0.590. The van der Waals surface area contributed by atoms with E-state index in [4.69, 9.17) is 4.74 Å². The number of amides is 2. The molecule has 3 aromatic heterocycles. The van der Waals surface area contributed by atoms with Crippen molar-refractivity contribution in [2.45, 2.75) is 26.9 Å². The summed E-state index contributed by atoms with van der Waals surface area (Å²) in [6, 6.07) is 5.30. The minimum Gasteiger partial charge on any atom is -0.377 e. The molecule has 0 fully saturated rings. The van der Waals surface area contributed by atoms with Crippen LogP contribution in [0, 0.1) is 6.92 Å². The van der Waals surface area contributed by atoms with Crippen LogP contribution in [0.5, 0.6) is 0 Å². The number of aromatic nitrogens is 4. The SMILES string of the molecule is Cc1cc(-c2n[nH]c3cc(NC(=O)NCCOC(C)C)ncc23)ccn1. The van der Waals surface area contributed by atoms with Gasteiger partial charge in [0.25, 0.3) is 0 Å². The third kappa shape index (κ3) is 4.34. The summed E-state index contributed by atoms with van der Waals surface area (Å²) in [6.45, 7) is 6.73. The van der Waals surface area contributed by atoms with E-state index in [1.165, 1.54) is 0 Å². The van der Waals surface area contributed by atoms with Gasteiger partial charge in [-0.25, -0.2) is 9.78 Å². The molecule has 136 valence electrons. The van der Waals surface area contributed by atoms with Crippen molar-refractivity contribution in [1.29, 1.82) is 0 Å². The number of urea groups is 1. The van der Waals surface area contributed by atoms with Crippen LogP contribution in [0.3, 0.4) is 0 Å². The number of rotatable bonds is 6. The van der Waals surface area contributed by atoms with E-state index in [1.807, 2.05) is 32.9 Å². The molecule has 8 nitrogen and oxygen atoms in total. The molecule has 0 aliphatic rings. The molecule has 3 aromatic rings. The predicted octanol–water partition coefficient (Wildman–Crippen LogP) is 2.87. The number of pyridine rings is 2. The molecule has 3 rings (SSSR count). The fraction of sp³-hybridized carbons (Fsp3) is 0.333. The number of H-pyrrole nitrogens is 1. The van der Waals surface area contributed by atoms with Gasteiger partial charge in [0.1, 0.15) is 11.5 Å². The molecule has 0 aliphatic heterocycles. The van der Waals surface area contributed by atoms with Crippen LogP contribution in [-0.4, -0.2) is 45.5 Å². The Bertz CT molecular complexity index is 906. The predicted molar refractivity (Wildman–Crippen MR) is 100.0 cm³/mol. The van der Waals surface area contributed by atoms with Gasteiger partial charge in [-0.15, -0.1) is 0 Å². The number of hydrogen-bond donors (Lipinski definition) is 3. The Morgan fingerprint density at radius 1 is 1.31 bits per heavy atom. The fourth-order valence-corrected chi connectivity index (χ4v) is 2.51. The number of carbonyl (C=O) groups is 1. The second kappa shape index (κ2) is 7.92. The highest BCUT2D eigenvalue weighted by atomic mass is 16.5. The van der Waals surface area contributed by atoms with E-state index < -0.39 is 0 Å². The zero-order valence-corrected chi connectivity index (χ0v) is 15.0. The number of nitrogens with one attached hydrogen (secondary N) is 3. The maximum Gasteiger partial charge on any atom is 0.320 e. The van der Waals surface area contributed by atoms with Crippen LogP contribution in [0.15, 0.2) is 30.6 Å². The Kier molecular flexibility index (Phi) is 5.43. The monoisotopic (exact) mass is 354 g/mol. The summed E-state index contributed by atoms with van der Waals surface area (Å²) in [5, 5.41) is 13.7. The summed E-state index contributed by atoms with van der Waals surface area (Å²) in [6.07, 6.45) is 3.59. The van der Waals surface area contributed by atoms with Gasteiger partial charge in [0.15, 0.2) is 0 Å². The average Bonchev–Trinajstić information content (AvgIpc) is 3.02. The van der Waals surface area contributed by atoms with E-state index in [1.54, 1.807) is 18.5 Å². The molecule has 0 spiro atoms. The van der Waals surface area contributed by atoms with Crippen molar-refractivity contribution in [3.05, 3.63) is 36.3 Å². The molecule has 0 atom stereocenters. The molecule has 2 amide bonds. The zero-order chi connectivity index (χ0) is 18.5. The molecule has 3 N–H and O–H groups in total. The van der Waals surface area contributed by atoms with Crippen molar-refractivity contribution in [2.75, 3.05) is 18.5 Å². The molecule has 0 aliphatic carbocycles. The van der Waals surface area contributed by atoms with Gasteiger partial charge in [0.2, 0.25) is 0 Å². The molecular formula is C18H22N6O2. The molecule has 3 heterocycles. The molecule has 8 heteroatoms. The topological polar surface area (TPSA) is 105 Å². The minimum absolute atomic E-state index is 0.141. The van der Waals surface area contributed by atoms with Crippen molar-refractivity contribution >= 4 is 22.8 Å². The van der Waals surface area contributed by atoms with Gasteiger partial charge in [0.05, 0.1) is 18.2 Å². The van der Waals surface area contributed by atoms with Gasteiger partial charge >= 0.3 is 6.03 Å². The maximum absolute atomic E-state index is 11.9. The number of anilines is 1. The normalized spacial score (nSPS) is 11.1. The second-order valence-electron chi connectivity index (χ2n) is 6.17. The molecule has 0 aromatic carbocycles. The number of fused-ring (bicyclic) bond motifs is 1. The van der Waals surface area contributed by atoms with E-state index in [0.717, 1.165) is 27.9 Å². The summed E-state index contributed by atoms with van der Waals surface area (Å²) in [5.74, 6) is 0.445. The van der Waals surface area contributed by atoms with Crippen LogP contribution in [-0.2, 0) is 4.74 Å². The Balaban J connectivity index is 1.68. The molecule has 0 bridgehead atoms. The van der Waals surface area contributed by atoms with Gasteiger partial charge < -0.3 is 10.1 Å². The number of aryl methyl sites for hydroxylation is 1. The second-order valence-corrected chi connectivity index (χ2v) is 6.17. The van der Waals surface area contributed by atoms with E-state index >= 15 is 0 Å². The molecule has 26 heavy (non-hydrogen) atoms. The number of nitrogens with zero attached hydrogens (tertiary/aromatic N) is 3. The van der Waals surface area contributed by atoms with E-state index in [2.05, 4.69) is 30.8 Å². The molecule has 0 saturated heterocycles. The first kappa shape index (κ1) is 17.8. The largest absolute Gasteiger partial charge is 0.377 e. The highest BCUT2D eigenvalue weighted by Gasteiger charge is 2.11. The smallest absolute Gasteiger partial charge is 0.320 e. The lowest BCUT2D eigenvalue weighted by Gasteiger charge is -2.09. The van der Waals surface area contributed by atoms with Crippen molar-refractivity contribution < 1.29 is 9.53 Å². The van der Waals surface area contributed by atoms with Crippen molar-refractivity contribution in [3.63, 3.8) is 0 Å². The lowest BCUT2D eigenvalue weighted by molar-refractivity contribution is 0.0820. The standard InChI is InChI=1S/C18H22N6O2/c1-11(2)26-7-6-20-18(25)22-16-9-15-14(10-21-16)17(24-23-15)13-4-5-19-12(3)8-13/h4-5,8-11H,6-7H2,1-3H3,(H,23,24)(H2,20,21,22,25). The van der Waals surface area contributed by atoms with Crippen LogP contribution in [0.1, 0.15) is 19.5 Å². The number of ether oxygens (including phenoxy) is 1. The van der Waals surface area contributed by atoms with Crippen LogP contribution in [0.2, 0.25) is 0 Å². The summed E-state index contributed by atoms with van der Waals surface area (Å²) in [7, 11) is 0.